The van der Waals surface area contributed by atoms with Gasteiger partial charge in [-0.05, 0) is 50.5 Å². The van der Waals surface area contributed by atoms with Gasteiger partial charge in [0.2, 0.25) is 11.8 Å². The van der Waals surface area contributed by atoms with Gasteiger partial charge in [-0.1, -0.05) is 44.9 Å². The summed E-state index contributed by atoms with van der Waals surface area (Å²) in [6, 6.07) is 6.04. The van der Waals surface area contributed by atoms with Crippen molar-refractivity contribution in [2.45, 2.75) is 90.1 Å². The van der Waals surface area contributed by atoms with Crippen LogP contribution in [0.25, 0.3) is 0 Å². The Balaban J connectivity index is 1.37. The normalized spacial score (nSPS) is 28.6. The lowest BCUT2D eigenvalue weighted by Gasteiger charge is -2.50. The molecule has 0 bridgehead atoms. The van der Waals surface area contributed by atoms with Crippen LogP contribution in [-0.4, -0.2) is 57.6 Å². The van der Waals surface area contributed by atoms with E-state index in [1.165, 1.54) is 11.1 Å². The van der Waals surface area contributed by atoms with Gasteiger partial charge in [0.25, 0.3) is 0 Å². The fourth-order valence-corrected chi connectivity index (χ4v) is 6.29. The Hall–Kier alpha value is -2.68. The van der Waals surface area contributed by atoms with Crippen molar-refractivity contribution in [2.75, 3.05) is 6.54 Å². The molecular formula is C27H38FN5O3. The van der Waals surface area contributed by atoms with Crippen LogP contribution in [0.5, 0.6) is 0 Å². The van der Waals surface area contributed by atoms with Gasteiger partial charge in [0.1, 0.15) is 5.82 Å². The highest BCUT2D eigenvalue weighted by molar-refractivity contribution is 5.87. The standard InChI is InChI=1S/C27H38FN5O3/c1-17(2)13-14-31-25(35)21-12-11-18(24(34)29-20-8-4-5-9-20)15-23(21)33-26(31)30-32(27(33)36)16-19-7-3-6-10-22(19)28/h3,6-7,10,17-18,20-21,23,26,30H,4-5,8-9,11-16H2,1-2H3,(H,29,34). The average Bonchev–Trinajstić information content (AvgIpc) is 3.48. The van der Waals surface area contributed by atoms with Crippen molar-refractivity contribution in [2.24, 2.45) is 17.8 Å². The summed E-state index contributed by atoms with van der Waals surface area (Å²) >= 11 is 0. The van der Waals surface area contributed by atoms with Crippen molar-refractivity contribution in [3.05, 3.63) is 35.6 Å². The predicted molar refractivity (Wildman–Crippen MR) is 132 cm³/mol. The third-order valence-corrected chi connectivity index (χ3v) is 8.36. The third kappa shape index (κ3) is 4.82. The molecule has 4 fully saturated rings. The number of amides is 4. The molecule has 0 aromatic heterocycles. The number of nitrogens with zero attached hydrogens (tertiary/aromatic N) is 3. The number of urea groups is 1. The summed E-state index contributed by atoms with van der Waals surface area (Å²) in [5, 5.41) is 4.63. The maximum atomic E-state index is 14.4. The Kier molecular flexibility index (Phi) is 7.19. The first kappa shape index (κ1) is 25.0. The summed E-state index contributed by atoms with van der Waals surface area (Å²) in [4.78, 5) is 44.0. The molecule has 1 aromatic carbocycles. The predicted octanol–water partition coefficient (Wildman–Crippen LogP) is 3.58. The number of nitrogens with one attached hydrogen (secondary N) is 2. The first-order valence-corrected chi connectivity index (χ1v) is 13.5. The van der Waals surface area contributed by atoms with Crippen molar-refractivity contribution in [3.8, 4) is 0 Å². The molecule has 2 saturated carbocycles. The quantitative estimate of drug-likeness (QED) is 0.601. The molecule has 9 heteroatoms. The molecule has 2 aliphatic carbocycles. The molecule has 0 spiro atoms. The summed E-state index contributed by atoms with van der Waals surface area (Å²) < 4.78 is 14.4. The summed E-state index contributed by atoms with van der Waals surface area (Å²) in [7, 11) is 0. The highest BCUT2D eigenvalue weighted by Crippen LogP contribution is 2.41. The highest BCUT2D eigenvalue weighted by atomic mass is 19.1. The topological polar surface area (TPSA) is 85.0 Å². The number of hydrogen-bond donors (Lipinski definition) is 2. The molecule has 5 rings (SSSR count). The summed E-state index contributed by atoms with van der Waals surface area (Å²) in [6.45, 7) is 4.83. The maximum absolute atomic E-state index is 14.4. The van der Waals surface area contributed by atoms with Crippen molar-refractivity contribution < 1.29 is 18.8 Å². The van der Waals surface area contributed by atoms with E-state index in [1.54, 1.807) is 28.0 Å². The molecule has 1 aromatic rings. The van der Waals surface area contributed by atoms with Crippen molar-refractivity contribution in [3.63, 3.8) is 0 Å². The second kappa shape index (κ2) is 10.4. The highest BCUT2D eigenvalue weighted by Gasteiger charge is 2.56. The van der Waals surface area contributed by atoms with Crippen LogP contribution in [0.3, 0.4) is 0 Å². The first-order valence-electron chi connectivity index (χ1n) is 13.5. The van der Waals surface area contributed by atoms with E-state index in [1.807, 2.05) is 0 Å². The molecule has 2 saturated heterocycles. The smallest absolute Gasteiger partial charge is 0.337 e. The van der Waals surface area contributed by atoms with Crippen LogP contribution in [0.4, 0.5) is 9.18 Å². The summed E-state index contributed by atoms with van der Waals surface area (Å²) in [5.74, 6) is -0.396. The number of fused-ring (bicyclic) bond motifs is 3. The van der Waals surface area contributed by atoms with E-state index < -0.39 is 6.29 Å². The van der Waals surface area contributed by atoms with Gasteiger partial charge in [-0.3, -0.25) is 19.5 Å². The van der Waals surface area contributed by atoms with Crippen LogP contribution < -0.4 is 10.7 Å². The summed E-state index contributed by atoms with van der Waals surface area (Å²) in [5.41, 5.74) is 3.62. The molecule has 36 heavy (non-hydrogen) atoms. The lowest BCUT2D eigenvalue weighted by atomic mass is 9.75. The van der Waals surface area contributed by atoms with Crippen molar-refractivity contribution in [1.29, 1.82) is 0 Å². The molecule has 2 aliphatic heterocycles. The van der Waals surface area contributed by atoms with Gasteiger partial charge in [-0.2, -0.15) is 5.43 Å². The molecule has 4 atom stereocenters. The van der Waals surface area contributed by atoms with Crippen LogP contribution in [0.2, 0.25) is 0 Å². The third-order valence-electron chi connectivity index (χ3n) is 8.36. The van der Waals surface area contributed by atoms with E-state index in [4.69, 9.17) is 0 Å². The van der Waals surface area contributed by atoms with Crippen LogP contribution >= 0.6 is 0 Å². The van der Waals surface area contributed by atoms with Gasteiger partial charge in [0.15, 0.2) is 6.29 Å². The van der Waals surface area contributed by atoms with Gasteiger partial charge < -0.3 is 10.2 Å². The first-order chi connectivity index (χ1) is 17.3. The molecular weight excluding hydrogens is 461 g/mol. The SMILES string of the molecule is CC(C)CCN1C(=O)C2CCC(C(=O)NC3CCCC3)CC2N2C(=O)N(Cc3ccccc3F)NC12. The van der Waals surface area contributed by atoms with Gasteiger partial charge >= 0.3 is 6.03 Å². The maximum Gasteiger partial charge on any atom is 0.337 e. The minimum Gasteiger partial charge on any atom is -0.353 e. The number of carbonyl (C=O) groups excluding carboxylic acids is 3. The van der Waals surface area contributed by atoms with Crippen LogP contribution in [-0.2, 0) is 16.1 Å². The molecule has 2 N–H and O–H groups in total. The fourth-order valence-electron chi connectivity index (χ4n) is 6.29. The Morgan fingerprint density at radius 3 is 2.61 bits per heavy atom. The van der Waals surface area contributed by atoms with Crippen LogP contribution in [0, 0.1) is 23.6 Å². The minimum atomic E-state index is -0.617. The average molecular weight is 500 g/mol. The molecule has 4 aliphatic rings. The molecule has 196 valence electrons. The van der Waals surface area contributed by atoms with Gasteiger partial charge in [0, 0.05) is 30.1 Å². The Morgan fingerprint density at radius 2 is 1.89 bits per heavy atom. The second-order valence-corrected chi connectivity index (χ2v) is 11.3. The van der Waals surface area contributed by atoms with Gasteiger partial charge in [-0.25, -0.2) is 9.18 Å². The van der Waals surface area contributed by atoms with Crippen LogP contribution in [0.1, 0.15) is 70.8 Å². The number of carbonyl (C=O) groups is 3. The number of benzene rings is 1. The van der Waals surface area contributed by atoms with E-state index in [2.05, 4.69) is 24.6 Å². The van der Waals surface area contributed by atoms with Gasteiger partial charge in [-0.15, -0.1) is 0 Å². The molecule has 4 amide bonds. The molecule has 4 unspecified atom stereocenters. The number of halogens is 1. The Bertz CT molecular complexity index is 997. The van der Waals surface area contributed by atoms with Crippen molar-refractivity contribution >= 4 is 17.8 Å². The van der Waals surface area contributed by atoms with E-state index in [9.17, 15) is 18.8 Å². The second-order valence-electron chi connectivity index (χ2n) is 11.3. The van der Waals surface area contributed by atoms with Crippen molar-refractivity contribution in [1.82, 2.24) is 25.6 Å². The van der Waals surface area contributed by atoms with E-state index in [-0.39, 0.29) is 54.1 Å². The molecule has 0 radical (unpaired) electrons. The number of hydrogen-bond acceptors (Lipinski definition) is 4. The fraction of sp³-hybridized carbons (Fsp3) is 0.667. The lowest BCUT2D eigenvalue weighted by molar-refractivity contribution is -0.159. The Morgan fingerprint density at radius 1 is 1.14 bits per heavy atom. The zero-order chi connectivity index (χ0) is 25.4. The molecule has 2 heterocycles. The lowest BCUT2D eigenvalue weighted by Crippen LogP contribution is -2.67. The van der Waals surface area contributed by atoms with E-state index in [0.717, 1.165) is 32.1 Å². The number of rotatable bonds is 7. The largest absolute Gasteiger partial charge is 0.353 e. The molecule has 8 nitrogen and oxygen atoms in total. The zero-order valence-electron chi connectivity index (χ0n) is 21.3. The van der Waals surface area contributed by atoms with E-state index >= 15 is 0 Å². The Labute approximate surface area is 212 Å². The van der Waals surface area contributed by atoms with E-state index in [0.29, 0.717) is 37.3 Å². The monoisotopic (exact) mass is 499 g/mol. The van der Waals surface area contributed by atoms with Gasteiger partial charge in [0.05, 0.1) is 12.5 Å². The van der Waals surface area contributed by atoms with Crippen LogP contribution in [0.15, 0.2) is 24.3 Å². The zero-order valence-corrected chi connectivity index (χ0v) is 21.3. The number of hydrazine groups is 1. The summed E-state index contributed by atoms with van der Waals surface area (Å²) in [6.07, 6.45) is 6.27. The minimum absolute atomic E-state index is 0.0459.